The first-order chi connectivity index (χ1) is 11.1. The van der Waals surface area contributed by atoms with Gasteiger partial charge in [0.1, 0.15) is 17.8 Å². The van der Waals surface area contributed by atoms with Gasteiger partial charge in [0.15, 0.2) is 0 Å². The van der Waals surface area contributed by atoms with Gasteiger partial charge in [0.05, 0.1) is 10.7 Å². The molecule has 7 heteroatoms. The highest BCUT2D eigenvalue weighted by Gasteiger charge is 2.11. The van der Waals surface area contributed by atoms with E-state index in [1.165, 1.54) is 6.33 Å². The molecule has 2 aromatic rings. The van der Waals surface area contributed by atoms with Crippen LogP contribution in [-0.2, 0) is 0 Å². The Morgan fingerprint density at radius 2 is 2.00 bits per heavy atom. The van der Waals surface area contributed by atoms with E-state index in [1.54, 1.807) is 24.3 Å². The van der Waals surface area contributed by atoms with E-state index in [4.69, 9.17) is 23.2 Å². The highest BCUT2D eigenvalue weighted by molar-refractivity contribution is 6.35. The van der Waals surface area contributed by atoms with E-state index in [0.717, 1.165) is 25.8 Å². The van der Waals surface area contributed by atoms with Crippen molar-refractivity contribution >= 4 is 40.6 Å². The summed E-state index contributed by atoms with van der Waals surface area (Å²) in [6, 6.07) is 6.48. The van der Waals surface area contributed by atoms with Gasteiger partial charge < -0.3 is 10.6 Å². The monoisotopic (exact) mass is 352 g/mol. The quantitative estimate of drug-likeness (QED) is 0.712. The van der Waals surface area contributed by atoms with Crippen LogP contribution in [0.25, 0.3) is 0 Å². The lowest BCUT2D eigenvalue weighted by molar-refractivity contribution is 0.102. The number of unbranched alkanes of at least 4 members (excludes halogenated alkanes) is 2. The van der Waals surface area contributed by atoms with Crippen molar-refractivity contribution in [2.75, 3.05) is 17.2 Å². The fourth-order valence-corrected chi connectivity index (χ4v) is 2.29. The fraction of sp³-hybridized carbons (Fsp3) is 0.312. The van der Waals surface area contributed by atoms with Crippen LogP contribution in [0.4, 0.5) is 11.5 Å². The molecule has 1 amide bonds. The molecule has 2 rings (SSSR count). The summed E-state index contributed by atoms with van der Waals surface area (Å²) in [5.41, 5.74) is 0.703. The Morgan fingerprint density at radius 3 is 2.78 bits per heavy atom. The van der Waals surface area contributed by atoms with Crippen LogP contribution in [0.2, 0.25) is 10.0 Å². The third-order valence-electron chi connectivity index (χ3n) is 3.16. The standard InChI is InChI=1S/C16H18Cl2N4O/c1-2-3-4-7-19-15-9-14(20-10-21-15)16(23)22-13-8-11(17)5-6-12(13)18/h5-6,8-10H,2-4,7H2,1H3,(H,22,23)(H,19,20,21). The average molecular weight is 353 g/mol. The number of nitrogens with one attached hydrogen (secondary N) is 2. The number of benzene rings is 1. The van der Waals surface area contributed by atoms with E-state index in [-0.39, 0.29) is 11.6 Å². The lowest BCUT2D eigenvalue weighted by atomic mass is 10.2. The zero-order valence-electron chi connectivity index (χ0n) is 12.8. The summed E-state index contributed by atoms with van der Waals surface area (Å²) >= 11 is 11.9. The van der Waals surface area contributed by atoms with E-state index >= 15 is 0 Å². The molecule has 0 atom stereocenters. The van der Waals surface area contributed by atoms with Crippen molar-refractivity contribution in [2.24, 2.45) is 0 Å². The van der Waals surface area contributed by atoms with Gasteiger partial charge in [-0.3, -0.25) is 4.79 Å². The second-order valence-electron chi connectivity index (χ2n) is 5.00. The maximum atomic E-state index is 12.3. The predicted octanol–water partition coefficient (Wildman–Crippen LogP) is 4.64. The largest absolute Gasteiger partial charge is 0.370 e. The Labute approximate surface area is 145 Å². The Hall–Kier alpha value is -1.85. The summed E-state index contributed by atoms with van der Waals surface area (Å²) in [7, 11) is 0. The van der Waals surface area contributed by atoms with Crippen LogP contribution in [0.3, 0.4) is 0 Å². The number of anilines is 2. The molecular formula is C16H18Cl2N4O. The molecule has 0 radical (unpaired) electrons. The topological polar surface area (TPSA) is 66.9 Å². The van der Waals surface area contributed by atoms with E-state index in [0.29, 0.717) is 21.6 Å². The second kappa shape index (κ2) is 8.70. The first kappa shape index (κ1) is 17.5. The van der Waals surface area contributed by atoms with Gasteiger partial charge in [-0.1, -0.05) is 43.0 Å². The van der Waals surface area contributed by atoms with E-state index < -0.39 is 0 Å². The van der Waals surface area contributed by atoms with Gasteiger partial charge in [0, 0.05) is 17.6 Å². The molecule has 1 aromatic carbocycles. The molecule has 0 saturated heterocycles. The van der Waals surface area contributed by atoms with Crippen molar-refractivity contribution in [1.29, 1.82) is 0 Å². The molecule has 1 aromatic heterocycles. The van der Waals surface area contributed by atoms with Crippen LogP contribution in [0.5, 0.6) is 0 Å². The van der Waals surface area contributed by atoms with E-state index in [2.05, 4.69) is 27.5 Å². The Bertz CT molecular complexity index is 679. The van der Waals surface area contributed by atoms with Gasteiger partial charge >= 0.3 is 0 Å². The Balaban J connectivity index is 2.03. The third kappa shape index (κ3) is 5.37. The minimum Gasteiger partial charge on any atom is -0.370 e. The van der Waals surface area contributed by atoms with Crippen LogP contribution >= 0.6 is 23.2 Å². The van der Waals surface area contributed by atoms with Crippen LogP contribution in [0, 0.1) is 0 Å². The highest BCUT2D eigenvalue weighted by atomic mass is 35.5. The van der Waals surface area contributed by atoms with E-state index in [9.17, 15) is 4.79 Å². The van der Waals surface area contributed by atoms with Crippen molar-refractivity contribution in [3.8, 4) is 0 Å². The number of aromatic nitrogens is 2. The highest BCUT2D eigenvalue weighted by Crippen LogP contribution is 2.25. The minimum atomic E-state index is -0.367. The number of halogens is 2. The van der Waals surface area contributed by atoms with Gasteiger partial charge in [-0.2, -0.15) is 0 Å². The minimum absolute atomic E-state index is 0.258. The zero-order chi connectivity index (χ0) is 16.7. The van der Waals surface area contributed by atoms with Gasteiger partial charge in [0.25, 0.3) is 5.91 Å². The number of carbonyl (C=O) groups excluding carboxylic acids is 1. The van der Waals surface area contributed by atoms with Gasteiger partial charge in [-0.25, -0.2) is 9.97 Å². The fourth-order valence-electron chi connectivity index (χ4n) is 1.95. The van der Waals surface area contributed by atoms with Crippen molar-refractivity contribution < 1.29 is 4.79 Å². The summed E-state index contributed by atoms with van der Waals surface area (Å²) in [5.74, 6) is 0.256. The molecular weight excluding hydrogens is 335 g/mol. The summed E-state index contributed by atoms with van der Waals surface area (Å²) in [6.07, 6.45) is 4.72. The molecule has 0 fully saturated rings. The smallest absolute Gasteiger partial charge is 0.274 e. The first-order valence-corrected chi connectivity index (χ1v) is 8.18. The lowest BCUT2D eigenvalue weighted by Crippen LogP contribution is -2.15. The Kier molecular flexibility index (Phi) is 6.62. The normalized spacial score (nSPS) is 10.4. The number of hydrogen-bond acceptors (Lipinski definition) is 4. The predicted molar refractivity (Wildman–Crippen MR) is 94.5 cm³/mol. The number of amides is 1. The SMILES string of the molecule is CCCCCNc1cc(C(=O)Nc2cc(Cl)ccc2Cl)ncn1. The molecule has 1 heterocycles. The molecule has 2 N–H and O–H groups in total. The van der Waals surface area contributed by atoms with E-state index in [1.807, 2.05) is 0 Å². The molecule has 0 saturated carbocycles. The average Bonchev–Trinajstić information content (AvgIpc) is 2.55. The van der Waals surface area contributed by atoms with Crippen molar-refractivity contribution in [1.82, 2.24) is 9.97 Å². The number of carbonyl (C=O) groups is 1. The first-order valence-electron chi connectivity index (χ1n) is 7.42. The van der Waals surface area contributed by atoms with Gasteiger partial charge in [-0.15, -0.1) is 0 Å². The molecule has 0 aliphatic heterocycles. The van der Waals surface area contributed by atoms with Crippen LogP contribution in [-0.4, -0.2) is 22.4 Å². The van der Waals surface area contributed by atoms with Crippen molar-refractivity contribution in [2.45, 2.75) is 26.2 Å². The molecule has 0 aliphatic rings. The second-order valence-corrected chi connectivity index (χ2v) is 5.84. The van der Waals surface area contributed by atoms with Gasteiger partial charge in [0.2, 0.25) is 0 Å². The summed E-state index contributed by atoms with van der Waals surface area (Å²) in [6.45, 7) is 2.96. The summed E-state index contributed by atoms with van der Waals surface area (Å²) < 4.78 is 0. The molecule has 0 aliphatic carbocycles. The summed E-state index contributed by atoms with van der Waals surface area (Å²) in [4.78, 5) is 20.4. The summed E-state index contributed by atoms with van der Waals surface area (Å²) in [5, 5.41) is 6.78. The molecule has 122 valence electrons. The molecule has 0 spiro atoms. The number of hydrogen-bond donors (Lipinski definition) is 2. The maximum absolute atomic E-state index is 12.3. The van der Waals surface area contributed by atoms with Gasteiger partial charge in [-0.05, 0) is 24.6 Å². The van der Waals surface area contributed by atoms with Crippen molar-refractivity contribution in [3.05, 3.63) is 46.3 Å². The lowest BCUT2D eigenvalue weighted by Gasteiger charge is -2.09. The van der Waals surface area contributed by atoms with Crippen molar-refractivity contribution in [3.63, 3.8) is 0 Å². The number of rotatable bonds is 7. The van der Waals surface area contributed by atoms with Crippen LogP contribution < -0.4 is 10.6 Å². The number of nitrogens with zero attached hydrogens (tertiary/aromatic N) is 2. The molecule has 5 nitrogen and oxygen atoms in total. The molecule has 23 heavy (non-hydrogen) atoms. The third-order valence-corrected chi connectivity index (χ3v) is 3.73. The maximum Gasteiger partial charge on any atom is 0.274 e. The zero-order valence-corrected chi connectivity index (χ0v) is 14.3. The molecule has 0 unspecified atom stereocenters. The van der Waals surface area contributed by atoms with Crippen LogP contribution in [0.15, 0.2) is 30.6 Å². The molecule has 0 bridgehead atoms. The Morgan fingerprint density at radius 1 is 1.17 bits per heavy atom. The van der Waals surface area contributed by atoms with Crippen LogP contribution in [0.1, 0.15) is 36.7 Å².